The largest absolute Gasteiger partial charge is 0.304 e. The first-order chi connectivity index (χ1) is 7.06. The Balaban J connectivity index is 1.42. The van der Waals surface area contributed by atoms with Crippen molar-refractivity contribution in [1.29, 1.82) is 0 Å². The molecule has 3 rings (SSSR count). The van der Waals surface area contributed by atoms with Gasteiger partial charge >= 0.3 is 0 Å². The van der Waals surface area contributed by atoms with Gasteiger partial charge in [0.2, 0.25) is 0 Å². The van der Waals surface area contributed by atoms with Crippen LogP contribution in [0, 0.1) is 11.8 Å². The van der Waals surface area contributed by atoms with Crippen molar-refractivity contribution in [2.24, 2.45) is 11.8 Å². The average molecular weight is 248 g/mol. The van der Waals surface area contributed by atoms with Crippen molar-refractivity contribution in [2.75, 3.05) is 0 Å². The van der Waals surface area contributed by atoms with Crippen molar-refractivity contribution in [2.45, 2.75) is 48.5 Å². The lowest BCUT2D eigenvalue weighted by atomic mass is 10.0. The van der Waals surface area contributed by atoms with Gasteiger partial charge < -0.3 is 5.32 Å². The third kappa shape index (κ3) is 2.04. The Bertz CT molecular complexity index is 295. The number of carbonyl (C=O) groups excluding carboxylic acids is 1. The first kappa shape index (κ1) is 10.4. The molecule has 3 fully saturated rings. The summed E-state index contributed by atoms with van der Waals surface area (Å²) in [5.41, 5.74) is 0. The van der Waals surface area contributed by atoms with Crippen LogP contribution in [0.25, 0.3) is 0 Å². The van der Waals surface area contributed by atoms with E-state index < -0.39 is 4.33 Å². The fourth-order valence-electron chi connectivity index (χ4n) is 2.64. The number of halogens is 2. The number of carbonyl (C=O) groups is 1. The number of hydrogen-bond donors (Lipinski definition) is 1. The molecule has 0 aromatic rings. The Kier molecular flexibility index (Phi) is 2.32. The van der Waals surface area contributed by atoms with E-state index in [0.717, 1.165) is 25.2 Å². The Hall–Kier alpha value is 0.210. The summed E-state index contributed by atoms with van der Waals surface area (Å²) in [6, 6.07) is 0.785. The van der Waals surface area contributed by atoms with Gasteiger partial charge in [0.15, 0.2) is 0 Å². The smallest absolute Gasteiger partial charge is 0.149 e. The lowest BCUT2D eigenvalue weighted by Crippen LogP contribution is -2.33. The van der Waals surface area contributed by atoms with Gasteiger partial charge in [-0.3, -0.25) is 4.79 Å². The maximum atomic E-state index is 11.8. The van der Waals surface area contributed by atoms with Crippen LogP contribution in [-0.4, -0.2) is 22.2 Å². The van der Waals surface area contributed by atoms with Gasteiger partial charge in [0.1, 0.15) is 10.1 Å². The molecule has 3 aliphatic rings. The molecule has 0 radical (unpaired) electrons. The number of Topliss-reactive ketones (excluding diaryl/α,β-unsaturated/α-hetero) is 1. The van der Waals surface area contributed by atoms with Gasteiger partial charge in [-0.15, -0.1) is 23.2 Å². The van der Waals surface area contributed by atoms with E-state index in [4.69, 9.17) is 23.2 Å². The highest BCUT2D eigenvalue weighted by molar-refractivity contribution is 6.50. The molecule has 2 saturated carbocycles. The lowest BCUT2D eigenvalue weighted by molar-refractivity contribution is -0.121. The molecular weight excluding hydrogens is 233 g/mol. The molecule has 1 saturated heterocycles. The summed E-state index contributed by atoms with van der Waals surface area (Å²) in [6.45, 7) is 0. The van der Waals surface area contributed by atoms with Crippen molar-refractivity contribution in [3.8, 4) is 0 Å². The van der Waals surface area contributed by atoms with Gasteiger partial charge in [0.25, 0.3) is 0 Å². The van der Waals surface area contributed by atoms with E-state index in [1.807, 2.05) is 0 Å². The number of ketones is 1. The molecule has 0 amide bonds. The molecule has 84 valence electrons. The molecule has 0 aromatic heterocycles. The van der Waals surface area contributed by atoms with Gasteiger partial charge in [0, 0.05) is 12.5 Å². The minimum atomic E-state index is -0.522. The standard InChI is InChI=1S/C11H15Cl2NO/c12-11(13)5-7(11)1-2-10(15)9-4-6-3-8(6)14-9/h6-9,14H,1-5H2/t6-,7+,8-,9+/m1/s1. The van der Waals surface area contributed by atoms with Crippen LogP contribution < -0.4 is 5.32 Å². The SMILES string of the molecule is O=C(CC[C@H]1CC1(Cl)Cl)[C@@H]1C[C@H]2C[C@H]2N1. The topological polar surface area (TPSA) is 29.1 Å². The van der Waals surface area contributed by atoms with Gasteiger partial charge in [-0.2, -0.15) is 0 Å². The molecule has 2 aliphatic carbocycles. The van der Waals surface area contributed by atoms with Crippen LogP contribution in [0.15, 0.2) is 0 Å². The predicted molar refractivity (Wildman–Crippen MR) is 60.2 cm³/mol. The van der Waals surface area contributed by atoms with Crippen LogP contribution in [0.1, 0.15) is 32.1 Å². The molecule has 1 heterocycles. The highest BCUT2D eigenvalue weighted by Gasteiger charge is 2.52. The Labute approximate surface area is 99.7 Å². The summed E-state index contributed by atoms with van der Waals surface area (Å²) in [5, 5.41) is 3.38. The minimum Gasteiger partial charge on any atom is -0.304 e. The minimum absolute atomic E-state index is 0.132. The van der Waals surface area contributed by atoms with E-state index in [1.54, 1.807) is 0 Å². The molecule has 1 aliphatic heterocycles. The summed E-state index contributed by atoms with van der Waals surface area (Å²) >= 11 is 11.8. The third-order valence-electron chi connectivity index (χ3n) is 3.96. The molecule has 0 spiro atoms. The Morgan fingerprint density at radius 1 is 1.40 bits per heavy atom. The Morgan fingerprint density at radius 3 is 2.67 bits per heavy atom. The molecular formula is C11H15Cl2NO. The molecule has 0 unspecified atom stereocenters. The molecule has 4 atom stereocenters. The first-order valence-electron chi connectivity index (χ1n) is 5.73. The van der Waals surface area contributed by atoms with Crippen molar-refractivity contribution >= 4 is 29.0 Å². The summed E-state index contributed by atoms with van der Waals surface area (Å²) in [6.07, 6.45) is 4.69. The monoisotopic (exact) mass is 247 g/mol. The van der Waals surface area contributed by atoms with Crippen LogP contribution in [0.2, 0.25) is 0 Å². The second-order valence-corrected chi connectivity index (χ2v) is 6.77. The Morgan fingerprint density at radius 2 is 2.13 bits per heavy atom. The maximum absolute atomic E-state index is 11.8. The van der Waals surface area contributed by atoms with E-state index >= 15 is 0 Å². The van der Waals surface area contributed by atoms with E-state index in [1.165, 1.54) is 6.42 Å². The van der Waals surface area contributed by atoms with Crippen LogP contribution >= 0.6 is 23.2 Å². The van der Waals surface area contributed by atoms with Crippen molar-refractivity contribution in [1.82, 2.24) is 5.32 Å². The number of piperidine rings is 1. The van der Waals surface area contributed by atoms with Crippen LogP contribution in [0.3, 0.4) is 0 Å². The lowest BCUT2D eigenvalue weighted by Gasteiger charge is -2.11. The summed E-state index contributed by atoms with van der Waals surface area (Å²) in [4.78, 5) is 11.8. The summed E-state index contributed by atoms with van der Waals surface area (Å²) < 4.78 is -0.522. The zero-order chi connectivity index (χ0) is 10.6. The maximum Gasteiger partial charge on any atom is 0.149 e. The highest BCUT2D eigenvalue weighted by Crippen LogP contribution is 2.55. The number of nitrogens with one attached hydrogen (secondary N) is 1. The summed E-state index contributed by atoms with van der Waals surface area (Å²) in [7, 11) is 0. The molecule has 2 nitrogen and oxygen atoms in total. The number of hydrogen-bond acceptors (Lipinski definition) is 2. The van der Waals surface area contributed by atoms with E-state index in [0.29, 0.717) is 24.2 Å². The van der Waals surface area contributed by atoms with Crippen molar-refractivity contribution in [3.63, 3.8) is 0 Å². The van der Waals surface area contributed by atoms with Crippen LogP contribution in [-0.2, 0) is 4.79 Å². The highest BCUT2D eigenvalue weighted by atomic mass is 35.5. The molecule has 0 aromatic carbocycles. The van der Waals surface area contributed by atoms with E-state index in [2.05, 4.69) is 5.32 Å². The molecule has 4 heteroatoms. The van der Waals surface area contributed by atoms with Gasteiger partial charge in [-0.05, 0) is 37.5 Å². The van der Waals surface area contributed by atoms with Gasteiger partial charge in [-0.1, -0.05) is 0 Å². The molecule has 1 N–H and O–H groups in total. The normalized spacial score (nSPS) is 44.9. The zero-order valence-corrected chi connectivity index (χ0v) is 10.0. The molecule has 0 bridgehead atoms. The first-order valence-corrected chi connectivity index (χ1v) is 6.48. The van der Waals surface area contributed by atoms with E-state index in [-0.39, 0.29) is 6.04 Å². The van der Waals surface area contributed by atoms with Crippen LogP contribution in [0.4, 0.5) is 0 Å². The van der Waals surface area contributed by atoms with Gasteiger partial charge in [-0.25, -0.2) is 0 Å². The van der Waals surface area contributed by atoms with Crippen molar-refractivity contribution in [3.05, 3.63) is 0 Å². The fourth-order valence-corrected chi connectivity index (χ4v) is 3.23. The second kappa shape index (κ2) is 3.35. The third-order valence-corrected chi connectivity index (χ3v) is 4.89. The molecule has 15 heavy (non-hydrogen) atoms. The number of rotatable bonds is 4. The zero-order valence-electron chi connectivity index (χ0n) is 8.51. The van der Waals surface area contributed by atoms with Crippen LogP contribution in [0.5, 0.6) is 0 Å². The van der Waals surface area contributed by atoms with Gasteiger partial charge in [0.05, 0.1) is 6.04 Å². The fraction of sp³-hybridized carbons (Fsp3) is 0.909. The average Bonchev–Trinajstić information content (AvgIpc) is 3.00. The van der Waals surface area contributed by atoms with Crippen molar-refractivity contribution < 1.29 is 4.79 Å². The second-order valence-electron chi connectivity index (χ2n) is 5.22. The number of fused-ring (bicyclic) bond motifs is 1. The summed E-state index contributed by atoms with van der Waals surface area (Å²) in [5.74, 6) is 1.50. The van der Waals surface area contributed by atoms with E-state index in [9.17, 15) is 4.79 Å². The predicted octanol–water partition coefficient (Wildman–Crippen LogP) is 2.28. The quantitative estimate of drug-likeness (QED) is 0.773. The number of alkyl halides is 2.